The van der Waals surface area contributed by atoms with Gasteiger partial charge in [-0.3, -0.25) is 4.79 Å². The number of ether oxygens (including phenoxy) is 1. The molecule has 0 aliphatic heterocycles. The standard InChI is InChI=1S/C24H27NO4/c1-23(2)20(12-13-24(23,3)21(26)27)25-22(28)29-14-19-17-10-6-4-8-15(17)16-9-5-7-11-18(16)19/h4-11,19-20H,12-14H2,1-3H3,(H,25,28)(H,26,27)/t20-,24-/m0/s1. The summed E-state index contributed by atoms with van der Waals surface area (Å²) >= 11 is 0. The highest BCUT2D eigenvalue weighted by atomic mass is 16.5. The Morgan fingerprint density at radius 3 is 2.10 bits per heavy atom. The van der Waals surface area contributed by atoms with E-state index in [2.05, 4.69) is 29.6 Å². The highest BCUT2D eigenvalue weighted by Crippen LogP contribution is 2.52. The van der Waals surface area contributed by atoms with Gasteiger partial charge in [-0.1, -0.05) is 62.4 Å². The van der Waals surface area contributed by atoms with Crippen LogP contribution >= 0.6 is 0 Å². The minimum atomic E-state index is -0.867. The van der Waals surface area contributed by atoms with Crippen molar-refractivity contribution in [2.24, 2.45) is 10.8 Å². The normalized spacial score (nSPS) is 24.6. The van der Waals surface area contributed by atoms with Crippen molar-refractivity contribution in [2.75, 3.05) is 6.61 Å². The fourth-order valence-electron chi connectivity index (χ4n) is 4.92. The van der Waals surface area contributed by atoms with Gasteiger partial charge in [0.2, 0.25) is 0 Å². The molecule has 2 aromatic rings. The number of alkyl carbamates (subject to hydrolysis) is 1. The average molecular weight is 393 g/mol. The monoisotopic (exact) mass is 393 g/mol. The van der Waals surface area contributed by atoms with E-state index in [1.807, 2.05) is 38.1 Å². The van der Waals surface area contributed by atoms with Crippen molar-refractivity contribution < 1.29 is 19.4 Å². The Labute approximate surface area is 171 Å². The first-order valence-electron chi connectivity index (χ1n) is 10.1. The Balaban J connectivity index is 1.45. The molecule has 2 aromatic carbocycles. The van der Waals surface area contributed by atoms with Crippen molar-refractivity contribution in [3.05, 3.63) is 59.7 Å². The van der Waals surface area contributed by atoms with Gasteiger partial charge in [-0.15, -0.1) is 0 Å². The zero-order valence-electron chi connectivity index (χ0n) is 17.1. The highest BCUT2D eigenvalue weighted by Gasteiger charge is 2.56. The van der Waals surface area contributed by atoms with Crippen LogP contribution in [0.3, 0.4) is 0 Å². The van der Waals surface area contributed by atoms with E-state index in [4.69, 9.17) is 4.74 Å². The lowest BCUT2D eigenvalue weighted by atomic mass is 9.68. The molecular formula is C24H27NO4. The maximum atomic E-state index is 12.6. The number of benzene rings is 2. The predicted octanol–water partition coefficient (Wildman–Crippen LogP) is 4.80. The highest BCUT2D eigenvalue weighted by molar-refractivity contribution is 5.79. The van der Waals surface area contributed by atoms with Gasteiger partial charge in [-0.25, -0.2) is 4.79 Å². The number of hydrogen-bond acceptors (Lipinski definition) is 3. The van der Waals surface area contributed by atoms with E-state index in [-0.39, 0.29) is 18.6 Å². The van der Waals surface area contributed by atoms with Crippen LogP contribution in [-0.2, 0) is 9.53 Å². The number of hydrogen-bond donors (Lipinski definition) is 2. The number of fused-ring (bicyclic) bond motifs is 3. The van der Waals surface area contributed by atoms with Gasteiger partial charge in [-0.2, -0.15) is 0 Å². The molecule has 2 N–H and O–H groups in total. The molecule has 5 nitrogen and oxygen atoms in total. The number of nitrogens with one attached hydrogen (secondary N) is 1. The molecule has 4 rings (SSSR count). The molecule has 2 atom stereocenters. The minimum absolute atomic E-state index is 0.00836. The zero-order chi connectivity index (χ0) is 20.8. The summed E-state index contributed by atoms with van der Waals surface area (Å²) in [6, 6.07) is 16.2. The zero-order valence-corrected chi connectivity index (χ0v) is 17.1. The molecule has 0 saturated heterocycles. The summed E-state index contributed by atoms with van der Waals surface area (Å²) in [5.41, 5.74) is 3.28. The van der Waals surface area contributed by atoms with Crippen LogP contribution in [0, 0.1) is 10.8 Å². The van der Waals surface area contributed by atoms with E-state index >= 15 is 0 Å². The molecule has 0 bridgehead atoms. The number of aliphatic carboxylic acids is 1. The number of carboxylic acid groups (broad SMARTS) is 1. The van der Waals surface area contributed by atoms with Crippen molar-refractivity contribution >= 4 is 12.1 Å². The summed E-state index contributed by atoms with van der Waals surface area (Å²) in [5.74, 6) is -0.812. The molecule has 0 unspecified atom stereocenters. The van der Waals surface area contributed by atoms with Gasteiger partial charge >= 0.3 is 12.1 Å². The van der Waals surface area contributed by atoms with Crippen molar-refractivity contribution in [1.82, 2.24) is 5.32 Å². The second-order valence-electron chi connectivity index (χ2n) is 8.92. The van der Waals surface area contributed by atoms with E-state index in [1.165, 1.54) is 22.3 Å². The van der Waals surface area contributed by atoms with Crippen molar-refractivity contribution in [1.29, 1.82) is 0 Å². The lowest BCUT2D eigenvalue weighted by Crippen LogP contribution is -2.49. The molecule has 2 aliphatic rings. The molecule has 1 fully saturated rings. The molecule has 5 heteroatoms. The van der Waals surface area contributed by atoms with Crippen LogP contribution in [0.2, 0.25) is 0 Å². The molecule has 152 valence electrons. The summed E-state index contributed by atoms with van der Waals surface area (Å²) in [6.45, 7) is 5.82. The Hall–Kier alpha value is -2.82. The van der Waals surface area contributed by atoms with Gasteiger partial charge in [0.15, 0.2) is 0 Å². The number of carbonyl (C=O) groups is 2. The first-order valence-corrected chi connectivity index (χ1v) is 10.1. The predicted molar refractivity (Wildman–Crippen MR) is 111 cm³/mol. The van der Waals surface area contributed by atoms with Gasteiger partial charge in [0.05, 0.1) is 5.41 Å². The lowest BCUT2D eigenvalue weighted by molar-refractivity contribution is -0.153. The lowest BCUT2D eigenvalue weighted by Gasteiger charge is -2.38. The van der Waals surface area contributed by atoms with E-state index in [0.717, 1.165) is 0 Å². The number of carbonyl (C=O) groups excluding carboxylic acids is 1. The second kappa shape index (κ2) is 6.90. The van der Waals surface area contributed by atoms with Gasteiger partial charge in [0, 0.05) is 17.4 Å². The topological polar surface area (TPSA) is 75.6 Å². The third-order valence-corrected chi connectivity index (χ3v) is 7.33. The summed E-state index contributed by atoms with van der Waals surface area (Å²) in [5, 5.41) is 12.6. The maximum absolute atomic E-state index is 12.6. The summed E-state index contributed by atoms with van der Waals surface area (Å²) in [6.07, 6.45) is 0.670. The van der Waals surface area contributed by atoms with E-state index in [0.29, 0.717) is 12.8 Å². The third-order valence-electron chi connectivity index (χ3n) is 7.33. The van der Waals surface area contributed by atoms with Crippen molar-refractivity contribution in [2.45, 2.75) is 45.6 Å². The van der Waals surface area contributed by atoms with Crippen LogP contribution in [0.5, 0.6) is 0 Å². The quantitative estimate of drug-likeness (QED) is 0.782. The van der Waals surface area contributed by atoms with Crippen LogP contribution in [0.4, 0.5) is 4.79 Å². The SMILES string of the molecule is CC1(C)[C@@H](NC(=O)OCC2c3ccccc3-c3ccccc32)CC[C@@]1(C)C(=O)O. The number of carboxylic acids is 1. The molecule has 2 aliphatic carbocycles. The average Bonchev–Trinajstić information content (AvgIpc) is 3.14. The van der Waals surface area contributed by atoms with Crippen LogP contribution in [0.1, 0.15) is 50.7 Å². The Bertz CT molecular complexity index is 921. The Morgan fingerprint density at radius 2 is 1.59 bits per heavy atom. The van der Waals surface area contributed by atoms with Crippen LogP contribution in [0.15, 0.2) is 48.5 Å². The molecule has 0 spiro atoms. The third kappa shape index (κ3) is 3.00. The van der Waals surface area contributed by atoms with Crippen molar-refractivity contribution in [3.8, 4) is 11.1 Å². The largest absolute Gasteiger partial charge is 0.481 e. The van der Waals surface area contributed by atoms with Crippen LogP contribution in [0.25, 0.3) is 11.1 Å². The first kappa shape index (κ1) is 19.5. The van der Waals surface area contributed by atoms with E-state index in [1.54, 1.807) is 6.92 Å². The fourth-order valence-corrected chi connectivity index (χ4v) is 4.92. The second-order valence-corrected chi connectivity index (χ2v) is 8.92. The summed E-state index contributed by atoms with van der Waals surface area (Å²) in [4.78, 5) is 24.3. The smallest absolute Gasteiger partial charge is 0.407 e. The molecule has 1 amide bonds. The van der Waals surface area contributed by atoms with Crippen LogP contribution < -0.4 is 5.32 Å². The maximum Gasteiger partial charge on any atom is 0.407 e. The number of rotatable bonds is 4. The first-order chi connectivity index (χ1) is 13.8. The molecule has 0 heterocycles. The molecular weight excluding hydrogens is 366 g/mol. The molecule has 29 heavy (non-hydrogen) atoms. The van der Waals surface area contributed by atoms with Crippen molar-refractivity contribution in [3.63, 3.8) is 0 Å². The molecule has 0 aromatic heterocycles. The van der Waals surface area contributed by atoms with Crippen LogP contribution in [-0.4, -0.2) is 29.8 Å². The van der Waals surface area contributed by atoms with Gasteiger partial charge in [-0.05, 0) is 42.0 Å². The van der Waals surface area contributed by atoms with E-state index < -0.39 is 22.9 Å². The Morgan fingerprint density at radius 1 is 1.03 bits per heavy atom. The number of amides is 1. The minimum Gasteiger partial charge on any atom is -0.481 e. The van der Waals surface area contributed by atoms with E-state index in [9.17, 15) is 14.7 Å². The summed E-state index contributed by atoms with van der Waals surface area (Å²) < 4.78 is 5.63. The molecule has 0 radical (unpaired) electrons. The Kier molecular flexibility index (Phi) is 4.64. The van der Waals surface area contributed by atoms with Gasteiger partial charge < -0.3 is 15.2 Å². The molecule has 1 saturated carbocycles. The van der Waals surface area contributed by atoms with Gasteiger partial charge in [0.1, 0.15) is 6.61 Å². The van der Waals surface area contributed by atoms with Gasteiger partial charge in [0.25, 0.3) is 0 Å². The fraction of sp³-hybridized carbons (Fsp3) is 0.417. The summed E-state index contributed by atoms with van der Waals surface area (Å²) in [7, 11) is 0.